The summed E-state index contributed by atoms with van der Waals surface area (Å²) < 4.78 is 10.6. The number of hydrogen-bond donors (Lipinski definition) is 2. The van der Waals surface area contributed by atoms with Crippen LogP contribution in [0.25, 0.3) is 0 Å². The van der Waals surface area contributed by atoms with Gasteiger partial charge in [0.05, 0.1) is 19.8 Å². The van der Waals surface area contributed by atoms with Gasteiger partial charge in [0.1, 0.15) is 5.75 Å². The van der Waals surface area contributed by atoms with Gasteiger partial charge in [-0.1, -0.05) is 12.1 Å². The molecule has 0 aromatic heterocycles. The minimum atomic E-state index is -0.556. The van der Waals surface area contributed by atoms with E-state index in [1.807, 2.05) is 31.2 Å². The average molecular weight is 267 g/mol. The topological polar surface area (TPSA) is 67.8 Å². The molecule has 0 aliphatic rings. The maximum Gasteiger partial charge on any atom is 0.260 e. The molecule has 1 atom stereocenters. The molecule has 1 rings (SSSR count). The molecule has 5 heteroatoms. The quantitative estimate of drug-likeness (QED) is 0.686. The molecule has 0 aliphatic heterocycles. The van der Waals surface area contributed by atoms with Crippen LogP contribution in [0, 0.1) is 6.92 Å². The molecular formula is C14H21NO4. The van der Waals surface area contributed by atoms with Gasteiger partial charge in [0.2, 0.25) is 0 Å². The predicted molar refractivity (Wildman–Crippen MR) is 72.2 cm³/mol. The zero-order chi connectivity index (χ0) is 14.1. The van der Waals surface area contributed by atoms with Crippen LogP contribution in [0.1, 0.15) is 12.5 Å². The van der Waals surface area contributed by atoms with Gasteiger partial charge in [-0.25, -0.2) is 0 Å². The third-order valence-electron chi connectivity index (χ3n) is 2.45. The number of ether oxygens (including phenoxy) is 2. The first kappa shape index (κ1) is 15.5. The summed E-state index contributed by atoms with van der Waals surface area (Å²) in [6.45, 7) is 4.72. The maximum atomic E-state index is 11.7. The Hall–Kier alpha value is -1.59. The molecular weight excluding hydrogens is 246 g/mol. The van der Waals surface area contributed by atoms with Gasteiger partial charge >= 0.3 is 0 Å². The highest BCUT2D eigenvalue weighted by Crippen LogP contribution is 2.14. The van der Waals surface area contributed by atoms with Crippen molar-refractivity contribution in [1.82, 2.24) is 5.32 Å². The number of aliphatic hydroxyl groups excluding tert-OH is 1. The molecule has 0 saturated heterocycles. The van der Waals surface area contributed by atoms with Gasteiger partial charge in [-0.15, -0.1) is 0 Å². The van der Waals surface area contributed by atoms with Gasteiger partial charge in [-0.2, -0.15) is 0 Å². The summed E-state index contributed by atoms with van der Waals surface area (Å²) in [5, 5.41) is 11.2. The SMILES string of the molecule is Cc1cccc(OC(C)C(=O)NCCOCCO)c1. The van der Waals surface area contributed by atoms with Crippen LogP contribution in [0.15, 0.2) is 24.3 Å². The van der Waals surface area contributed by atoms with Crippen LogP contribution in [0.4, 0.5) is 0 Å². The van der Waals surface area contributed by atoms with E-state index in [0.717, 1.165) is 5.56 Å². The lowest BCUT2D eigenvalue weighted by molar-refractivity contribution is -0.127. The Morgan fingerprint density at radius 3 is 2.89 bits per heavy atom. The molecule has 0 aliphatic carbocycles. The molecule has 0 fully saturated rings. The van der Waals surface area contributed by atoms with Crippen molar-refractivity contribution in [3.63, 3.8) is 0 Å². The standard InChI is InChI=1S/C14H21NO4/c1-11-4-3-5-13(10-11)19-12(2)14(17)15-6-8-18-9-7-16/h3-5,10,12,16H,6-9H2,1-2H3,(H,15,17). The molecule has 1 amide bonds. The Morgan fingerprint density at radius 2 is 2.21 bits per heavy atom. The summed E-state index contributed by atoms with van der Waals surface area (Å²) in [5.41, 5.74) is 1.09. The Balaban J connectivity index is 2.28. The fourth-order valence-electron chi connectivity index (χ4n) is 1.50. The van der Waals surface area contributed by atoms with E-state index in [-0.39, 0.29) is 19.1 Å². The Bertz CT molecular complexity index is 395. The van der Waals surface area contributed by atoms with Crippen LogP contribution in [0.3, 0.4) is 0 Å². The van der Waals surface area contributed by atoms with E-state index in [2.05, 4.69) is 5.32 Å². The van der Waals surface area contributed by atoms with E-state index in [9.17, 15) is 4.79 Å². The summed E-state index contributed by atoms with van der Waals surface area (Å²) in [6.07, 6.45) is -0.556. The third-order valence-corrected chi connectivity index (χ3v) is 2.45. The lowest BCUT2D eigenvalue weighted by Crippen LogP contribution is -2.38. The van der Waals surface area contributed by atoms with Crippen molar-refractivity contribution in [1.29, 1.82) is 0 Å². The summed E-state index contributed by atoms with van der Waals surface area (Å²) in [6, 6.07) is 7.56. The first-order valence-corrected chi connectivity index (χ1v) is 6.33. The number of aliphatic hydroxyl groups is 1. The van der Waals surface area contributed by atoms with Gasteiger partial charge in [0.25, 0.3) is 5.91 Å². The van der Waals surface area contributed by atoms with Crippen LogP contribution < -0.4 is 10.1 Å². The monoisotopic (exact) mass is 267 g/mol. The molecule has 0 radical (unpaired) electrons. The molecule has 0 bridgehead atoms. The molecule has 0 spiro atoms. The van der Waals surface area contributed by atoms with Crippen molar-refractivity contribution in [3.05, 3.63) is 29.8 Å². The first-order valence-electron chi connectivity index (χ1n) is 6.33. The average Bonchev–Trinajstić information content (AvgIpc) is 2.38. The number of carbonyl (C=O) groups is 1. The van der Waals surface area contributed by atoms with E-state index < -0.39 is 6.10 Å². The highest BCUT2D eigenvalue weighted by molar-refractivity contribution is 5.80. The number of hydrogen-bond acceptors (Lipinski definition) is 4. The minimum absolute atomic E-state index is 0.0131. The number of nitrogens with one attached hydrogen (secondary N) is 1. The smallest absolute Gasteiger partial charge is 0.260 e. The molecule has 5 nitrogen and oxygen atoms in total. The van der Waals surface area contributed by atoms with E-state index >= 15 is 0 Å². The maximum absolute atomic E-state index is 11.7. The van der Waals surface area contributed by atoms with Crippen LogP contribution >= 0.6 is 0 Å². The van der Waals surface area contributed by atoms with E-state index in [4.69, 9.17) is 14.6 Å². The molecule has 2 N–H and O–H groups in total. The number of aryl methyl sites for hydroxylation is 1. The number of benzene rings is 1. The lowest BCUT2D eigenvalue weighted by Gasteiger charge is -2.15. The highest BCUT2D eigenvalue weighted by atomic mass is 16.5. The third kappa shape index (κ3) is 6.22. The fraction of sp³-hybridized carbons (Fsp3) is 0.500. The van der Waals surface area contributed by atoms with Crippen molar-refractivity contribution in [2.45, 2.75) is 20.0 Å². The summed E-state index contributed by atoms with van der Waals surface area (Å²) in [5.74, 6) is 0.494. The van der Waals surface area contributed by atoms with Gasteiger partial charge in [-0.05, 0) is 31.5 Å². The van der Waals surface area contributed by atoms with Crippen molar-refractivity contribution in [3.8, 4) is 5.75 Å². The Labute approximate surface area is 113 Å². The van der Waals surface area contributed by atoms with Crippen LogP contribution in [0.5, 0.6) is 5.75 Å². The Morgan fingerprint density at radius 1 is 1.42 bits per heavy atom. The number of amides is 1. The largest absolute Gasteiger partial charge is 0.481 e. The van der Waals surface area contributed by atoms with Crippen molar-refractivity contribution >= 4 is 5.91 Å². The van der Waals surface area contributed by atoms with Gasteiger partial charge in [0.15, 0.2) is 6.10 Å². The van der Waals surface area contributed by atoms with E-state index in [1.165, 1.54) is 0 Å². The first-order chi connectivity index (χ1) is 9.13. The predicted octanol–water partition coefficient (Wildman–Crippen LogP) is 0.887. The second-order valence-corrected chi connectivity index (χ2v) is 4.20. The molecule has 0 saturated carbocycles. The van der Waals surface area contributed by atoms with Crippen LogP contribution in [0.2, 0.25) is 0 Å². The van der Waals surface area contributed by atoms with E-state index in [1.54, 1.807) is 6.92 Å². The summed E-state index contributed by atoms with van der Waals surface area (Å²) in [7, 11) is 0. The summed E-state index contributed by atoms with van der Waals surface area (Å²) >= 11 is 0. The normalized spacial score (nSPS) is 11.9. The fourth-order valence-corrected chi connectivity index (χ4v) is 1.50. The number of carbonyl (C=O) groups excluding carboxylic acids is 1. The second kappa shape index (κ2) is 8.50. The molecule has 19 heavy (non-hydrogen) atoms. The zero-order valence-electron chi connectivity index (χ0n) is 11.4. The van der Waals surface area contributed by atoms with Crippen LogP contribution in [-0.4, -0.2) is 43.5 Å². The molecule has 0 heterocycles. The lowest BCUT2D eigenvalue weighted by atomic mass is 10.2. The number of rotatable bonds is 8. The Kier molecular flexibility index (Phi) is 6.92. The molecule has 1 aromatic carbocycles. The minimum Gasteiger partial charge on any atom is -0.481 e. The van der Waals surface area contributed by atoms with Gasteiger partial charge < -0.3 is 19.9 Å². The van der Waals surface area contributed by atoms with E-state index in [0.29, 0.717) is 18.9 Å². The van der Waals surface area contributed by atoms with Crippen molar-refractivity contribution in [2.24, 2.45) is 0 Å². The zero-order valence-corrected chi connectivity index (χ0v) is 11.4. The highest BCUT2D eigenvalue weighted by Gasteiger charge is 2.13. The van der Waals surface area contributed by atoms with Crippen LogP contribution in [-0.2, 0) is 9.53 Å². The van der Waals surface area contributed by atoms with Crippen molar-refractivity contribution in [2.75, 3.05) is 26.4 Å². The molecule has 1 unspecified atom stereocenters. The molecule has 106 valence electrons. The van der Waals surface area contributed by atoms with Gasteiger partial charge in [0, 0.05) is 6.54 Å². The summed E-state index contributed by atoms with van der Waals surface area (Å²) in [4.78, 5) is 11.7. The van der Waals surface area contributed by atoms with Crippen molar-refractivity contribution < 1.29 is 19.4 Å². The molecule has 1 aromatic rings. The van der Waals surface area contributed by atoms with Gasteiger partial charge in [-0.3, -0.25) is 4.79 Å². The second-order valence-electron chi connectivity index (χ2n) is 4.20.